The van der Waals surface area contributed by atoms with Crippen LogP contribution in [0, 0.1) is 0 Å². The summed E-state index contributed by atoms with van der Waals surface area (Å²) in [5.74, 6) is 0.712. The van der Waals surface area contributed by atoms with Crippen molar-refractivity contribution in [2.45, 2.75) is 19.7 Å². The number of benzene rings is 1. The van der Waals surface area contributed by atoms with Gasteiger partial charge in [0.1, 0.15) is 5.15 Å². The number of halogens is 2. The smallest absolute Gasteiger partial charge is 0.191 e. The Hall–Kier alpha value is -1.69. The number of guanidine groups is 1. The minimum absolute atomic E-state index is 0.535. The molecular weight excluding hydrogens is 347 g/mol. The lowest BCUT2D eigenvalue weighted by Crippen LogP contribution is -2.36. The second-order valence-electron chi connectivity index (χ2n) is 5.36. The Morgan fingerprint density at radius 1 is 1.12 bits per heavy atom. The van der Waals surface area contributed by atoms with Gasteiger partial charge in [0.05, 0.1) is 18.2 Å². The molecule has 2 N–H and O–H groups in total. The van der Waals surface area contributed by atoms with Crippen LogP contribution in [0.5, 0.6) is 0 Å². The minimum atomic E-state index is 0.535. The van der Waals surface area contributed by atoms with Crippen LogP contribution in [0.4, 0.5) is 0 Å². The van der Waals surface area contributed by atoms with Crippen LogP contribution in [-0.4, -0.2) is 24.7 Å². The molecule has 0 bridgehead atoms. The molecule has 2 aromatic rings. The van der Waals surface area contributed by atoms with Crippen molar-refractivity contribution in [2.75, 3.05) is 14.2 Å². The molecule has 1 aromatic carbocycles. The summed E-state index contributed by atoms with van der Waals surface area (Å²) in [5, 5.41) is 7.62. The van der Waals surface area contributed by atoms with Crippen molar-refractivity contribution in [3.05, 3.63) is 57.3 Å². The first-order chi connectivity index (χ1) is 11.5. The van der Waals surface area contributed by atoms with E-state index in [4.69, 9.17) is 27.9 Å². The fraction of sp³-hybridized carbons (Fsp3) is 0.353. The summed E-state index contributed by atoms with van der Waals surface area (Å²) in [7, 11) is 5.31. The van der Waals surface area contributed by atoms with Crippen LogP contribution in [0.15, 0.2) is 35.3 Å². The van der Waals surface area contributed by atoms with Crippen LogP contribution in [-0.2, 0) is 31.5 Å². The molecule has 0 saturated heterocycles. The van der Waals surface area contributed by atoms with Gasteiger partial charge in [0.2, 0.25) is 0 Å². The van der Waals surface area contributed by atoms with Gasteiger partial charge >= 0.3 is 0 Å². The normalized spacial score (nSPS) is 11.6. The highest BCUT2D eigenvalue weighted by atomic mass is 35.5. The van der Waals surface area contributed by atoms with Crippen LogP contribution in [0.1, 0.15) is 16.8 Å². The number of methoxy groups -OCH3 is 1. The van der Waals surface area contributed by atoms with Crippen molar-refractivity contribution in [3.8, 4) is 0 Å². The molecule has 24 heavy (non-hydrogen) atoms. The van der Waals surface area contributed by atoms with Crippen molar-refractivity contribution in [1.29, 1.82) is 0 Å². The Labute approximate surface area is 152 Å². The molecule has 0 aliphatic carbocycles. The van der Waals surface area contributed by atoms with Crippen LogP contribution in [0.3, 0.4) is 0 Å². The van der Waals surface area contributed by atoms with E-state index in [2.05, 4.69) is 39.9 Å². The monoisotopic (exact) mass is 368 g/mol. The zero-order chi connectivity index (χ0) is 17.5. The van der Waals surface area contributed by atoms with Gasteiger partial charge in [0.15, 0.2) is 5.96 Å². The van der Waals surface area contributed by atoms with E-state index in [1.165, 1.54) is 5.56 Å². The van der Waals surface area contributed by atoms with Gasteiger partial charge in [0, 0.05) is 33.4 Å². The summed E-state index contributed by atoms with van der Waals surface area (Å²) >= 11 is 12.1. The number of hydrogen-bond donors (Lipinski definition) is 2. The van der Waals surface area contributed by atoms with Crippen molar-refractivity contribution in [3.63, 3.8) is 0 Å². The largest absolute Gasteiger partial charge is 0.380 e. The van der Waals surface area contributed by atoms with E-state index >= 15 is 0 Å². The molecule has 2 rings (SSSR count). The Balaban J connectivity index is 1.87. The van der Waals surface area contributed by atoms with Crippen LogP contribution in [0.25, 0.3) is 0 Å². The number of hydrogen-bond acceptors (Lipinski definition) is 2. The number of nitrogens with zero attached hydrogens (tertiary/aromatic N) is 2. The zero-order valence-electron chi connectivity index (χ0n) is 14.1. The van der Waals surface area contributed by atoms with Crippen LogP contribution < -0.4 is 10.6 Å². The third-order valence-corrected chi connectivity index (χ3v) is 4.51. The molecular formula is C17H22Cl2N4O. The molecule has 130 valence electrons. The van der Waals surface area contributed by atoms with E-state index in [0.717, 1.165) is 11.3 Å². The molecule has 5 nitrogen and oxygen atoms in total. The highest BCUT2D eigenvalue weighted by molar-refractivity contribution is 6.41. The van der Waals surface area contributed by atoms with Gasteiger partial charge in [-0.25, -0.2) is 0 Å². The maximum absolute atomic E-state index is 6.07. The average molecular weight is 369 g/mol. The summed E-state index contributed by atoms with van der Waals surface area (Å²) in [6.07, 6.45) is 0. The third-order valence-electron chi connectivity index (χ3n) is 3.67. The summed E-state index contributed by atoms with van der Waals surface area (Å²) in [6.45, 7) is 1.88. The summed E-state index contributed by atoms with van der Waals surface area (Å²) < 4.78 is 6.96. The molecule has 0 saturated carbocycles. The van der Waals surface area contributed by atoms with E-state index < -0.39 is 0 Å². The number of nitrogens with one attached hydrogen (secondary N) is 2. The quantitative estimate of drug-likeness (QED) is 0.607. The molecule has 0 aliphatic rings. The van der Waals surface area contributed by atoms with Gasteiger partial charge in [-0.05, 0) is 17.2 Å². The van der Waals surface area contributed by atoms with Gasteiger partial charge < -0.3 is 19.9 Å². The van der Waals surface area contributed by atoms with E-state index in [1.807, 2.05) is 17.7 Å². The number of rotatable bonds is 6. The first-order valence-corrected chi connectivity index (χ1v) is 8.31. The molecule has 0 amide bonds. The minimum Gasteiger partial charge on any atom is -0.380 e. The molecule has 0 fully saturated rings. The van der Waals surface area contributed by atoms with E-state index in [1.54, 1.807) is 14.2 Å². The first kappa shape index (κ1) is 18.6. The second kappa shape index (κ2) is 8.97. The SMILES string of the molecule is CN=C(NCc1ccc(COC)cc1)NCc1cc(Cl)c(Cl)n1C. The van der Waals surface area contributed by atoms with E-state index in [9.17, 15) is 0 Å². The fourth-order valence-corrected chi connectivity index (χ4v) is 2.68. The highest BCUT2D eigenvalue weighted by Gasteiger charge is 2.09. The Morgan fingerprint density at radius 2 is 1.75 bits per heavy atom. The molecule has 0 spiro atoms. The van der Waals surface area contributed by atoms with Crippen molar-refractivity contribution in [1.82, 2.24) is 15.2 Å². The topological polar surface area (TPSA) is 50.6 Å². The maximum atomic E-state index is 6.07. The molecule has 0 aliphatic heterocycles. The number of aliphatic imine (C=N–C) groups is 1. The molecule has 1 heterocycles. The van der Waals surface area contributed by atoms with Gasteiger partial charge in [0.25, 0.3) is 0 Å². The molecule has 0 radical (unpaired) electrons. The lowest BCUT2D eigenvalue weighted by Gasteiger charge is -2.13. The second-order valence-corrected chi connectivity index (χ2v) is 6.13. The first-order valence-electron chi connectivity index (χ1n) is 7.56. The third kappa shape index (κ3) is 4.90. The lowest BCUT2D eigenvalue weighted by atomic mass is 10.1. The summed E-state index contributed by atoms with van der Waals surface area (Å²) in [6, 6.07) is 10.1. The Bertz CT molecular complexity index is 695. The van der Waals surface area contributed by atoms with Gasteiger partial charge in [-0.2, -0.15) is 0 Å². The van der Waals surface area contributed by atoms with Gasteiger partial charge in [-0.3, -0.25) is 4.99 Å². The average Bonchev–Trinajstić information content (AvgIpc) is 2.84. The number of aromatic nitrogens is 1. The van der Waals surface area contributed by atoms with E-state index in [-0.39, 0.29) is 0 Å². The van der Waals surface area contributed by atoms with Gasteiger partial charge in [-0.15, -0.1) is 0 Å². The summed E-state index contributed by atoms with van der Waals surface area (Å²) in [5.41, 5.74) is 3.31. The predicted octanol–water partition coefficient (Wildman–Crippen LogP) is 3.34. The fourth-order valence-electron chi connectivity index (χ4n) is 2.26. The molecule has 0 unspecified atom stereocenters. The lowest BCUT2D eigenvalue weighted by molar-refractivity contribution is 0.185. The van der Waals surface area contributed by atoms with Crippen LogP contribution in [0.2, 0.25) is 10.2 Å². The summed E-state index contributed by atoms with van der Waals surface area (Å²) in [4.78, 5) is 4.22. The van der Waals surface area contributed by atoms with Crippen molar-refractivity contribution in [2.24, 2.45) is 12.0 Å². The molecule has 1 aromatic heterocycles. The van der Waals surface area contributed by atoms with Crippen molar-refractivity contribution < 1.29 is 4.74 Å². The number of ether oxygens (including phenoxy) is 1. The van der Waals surface area contributed by atoms with Crippen molar-refractivity contribution >= 4 is 29.2 Å². The molecule has 0 atom stereocenters. The highest BCUT2D eigenvalue weighted by Crippen LogP contribution is 2.24. The zero-order valence-corrected chi connectivity index (χ0v) is 15.6. The molecule has 7 heteroatoms. The van der Waals surface area contributed by atoms with Gasteiger partial charge in [-0.1, -0.05) is 47.5 Å². The standard InChI is InChI=1S/C17H22Cl2N4O/c1-20-17(22-10-14-8-15(18)16(19)23(14)2)21-9-12-4-6-13(7-5-12)11-24-3/h4-8H,9-11H2,1-3H3,(H2,20,21,22). The van der Waals surface area contributed by atoms with E-state index in [0.29, 0.717) is 35.8 Å². The Kier molecular flexibility index (Phi) is 6.97. The Morgan fingerprint density at radius 3 is 2.29 bits per heavy atom. The predicted molar refractivity (Wildman–Crippen MR) is 99.6 cm³/mol. The van der Waals surface area contributed by atoms with Crippen LogP contribution >= 0.6 is 23.2 Å². The maximum Gasteiger partial charge on any atom is 0.191 e.